The van der Waals surface area contributed by atoms with E-state index in [0.29, 0.717) is 5.56 Å². The van der Waals surface area contributed by atoms with Gasteiger partial charge in [-0.3, -0.25) is 0 Å². The van der Waals surface area contributed by atoms with Crippen LogP contribution < -0.4 is 0 Å². The molecular weight excluding hydrogens is 250 g/mol. The van der Waals surface area contributed by atoms with E-state index in [1.807, 2.05) is 25.1 Å². The van der Waals surface area contributed by atoms with Gasteiger partial charge in [0.2, 0.25) is 0 Å². The molecule has 1 N–H and O–H groups in total. The highest BCUT2D eigenvalue weighted by molar-refractivity contribution is 7.91. The standard InChI is InChI=1S/C13H15NO3S/c1-10-2-4-11(5-3-10)12(15)13(8-14)6-7-18(16,17)9-13/h2-5,12,15H,6-7,9H2,1H3. The molecule has 1 aromatic rings. The summed E-state index contributed by atoms with van der Waals surface area (Å²) in [6, 6.07) is 9.18. The third-order valence-corrected chi connectivity index (χ3v) is 5.26. The number of aliphatic hydroxyl groups is 1. The molecule has 96 valence electrons. The maximum absolute atomic E-state index is 11.5. The van der Waals surface area contributed by atoms with Crippen molar-refractivity contribution in [3.05, 3.63) is 35.4 Å². The summed E-state index contributed by atoms with van der Waals surface area (Å²) >= 11 is 0. The largest absolute Gasteiger partial charge is 0.387 e. The minimum atomic E-state index is -3.21. The topological polar surface area (TPSA) is 78.2 Å². The molecule has 0 bridgehead atoms. The van der Waals surface area contributed by atoms with Crippen LogP contribution in [0.3, 0.4) is 0 Å². The van der Waals surface area contributed by atoms with Gasteiger partial charge in [-0.25, -0.2) is 8.42 Å². The molecule has 4 nitrogen and oxygen atoms in total. The quantitative estimate of drug-likeness (QED) is 0.875. The van der Waals surface area contributed by atoms with Crippen LogP contribution in [0.1, 0.15) is 23.7 Å². The predicted molar refractivity (Wildman–Crippen MR) is 67.5 cm³/mol. The summed E-state index contributed by atoms with van der Waals surface area (Å²) in [5.74, 6) is -0.283. The molecule has 2 unspecified atom stereocenters. The average Bonchev–Trinajstić information content (AvgIpc) is 2.66. The first-order valence-electron chi connectivity index (χ1n) is 5.75. The summed E-state index contributed by atoms with van der Waals surface area (Å²) in [6.07, 6.45) is -0.860. The van der Waals surface area contributed by atoms with Crippen LogP contribution in [0.5, 0.6) is 0 Å². The Balaban J connectivity index is 2.35. The molecule has 5 heteroatoms. The number of rotatable bonds is 2. The van der Waals surface area contributed by atoms with Crippen molar-refractivity contribution in [1.82, 2.24) is 0 Å². The second-order valence-corrected chi connectivity index (χ2v) is 7.11. The maximum atomic E-state index is 11.5. The lowest BCUT2D eigenvalue weighted by molar-refractivity contribution is 0.0793. The van der Waals surface area contributed by atoms with E-state index >= 15 is 0 Å². The monoisotopic (exact) mass is 265 g/mol. The lowest BCUT2D eigenvalue weighted by atomic mass is 9.80. The van der Waals surface area contributed by atoms with Crippen LogP contribution in [-0.4, -0.2) is 25.0 Å². The fourth-order valence-corrected chi connectivity index (χ4v) is 4.28. The lowest BCUT2D eigenvalue weighted by Gasteiger charge is -2.26. The molecule has 0 saturated carbocycles. The Hall–Kier alpha value is -1.38. The zero-order valence-electron chi connectivity index (χ0n) is 10.1. The van der Waals surface area contributed by atoms with Crippen molar-refractivity contribution in [2.75, 3.05) is 11.5 Å². The van der Waals surface area contributed by atoms with Crippen molar-refractivity contribution < 1.29 is 13.5 Å². The van der Waals surface area contributed by atoms with Gasteiger partial charge in [0, 0.05) is 0 Å². The summed E-state index contributed by atoms with van der Waals surface area (Å²) in [7, 11) is -3.21. The number of nitriles is 1. The summed E-state index contributed by atoms with van der Waals surface area (Å²) < 4.78 is 23.1. The van der Waals surface area contributed by atoms with Crippen molar-refractivity contribution in [2.24, 2.45) is 5.41 Å². The Kier molecular flexibility index (Phi) is 3.18. The highest BCUT2D eigenvalue weighted by Gasteiger charge is 2.48. The van der Waals surface area contributed by atoms with Crippen molar-refractivity contribution >= 4 is 9.84 Å². The van der Waals surface area contributed by atoms with Crippen molar-refractivity contribution in [3.8, 4) is 6.07 Å². The van der Waals surface area contributed by atoms with E-state index in [2.05, 4.69) is 0 Å². The van der Waals surface area contributed by atoms with Crippen molar-refractivity contribution in [2.45, 2.75) is 19.4 Å². The zero-order chi connectivity index (χ0) is 13.4. The van der Waals surface area contributed by atoms with Gasteiger partial charge in [0.05, 0.1) is 23.7 Å². The van der Waals surface area contributed by atoms with E-state index in [0.717, 1.165) is 5.56 Å². The molecule has 1 saturated heterocycles. The van der Waals surface area contributed by atoms with Gasteiger partial charge in [-0.15, -0.1) is 0 Å². The summed E-state index contributed by atoms with van der Waals surface area (Å²) in [4.78, 5) is 0. The van der Waals surface area contributed by atoms with E-state index in [9.17, 15) is 18.8 Å². The van der Waals surface area contributed by atoms with Crippen LogP contribution in [-0.2, 0) is 9.84 Å². The fourth-order valence-electron chi connectivity index (χ4n) is 2.31. The molecule has 1 aromatic carbocycles. The second kappa shape index (κ2) is 4.38. The van der Waals surface area contributed by atoms with Crippen LogP contribution in [0.2, 0.25) is 0 Å². The molecule has 0 amide bonds. The first-order valence-corrected chi connectivity index (χ1v) is 7.57. The van der Waals surface area contributed by atoms with Crippen LogP contribution in [0.25, 0.3) is 0 Å². The number of aryl methyl sites for hydroxylation is 1. The van der Waals surface area contributed by atoms with Gasteiger partial charge in [-0.1, -0.05) is 29.8 Å². The zero-order valence-corrected chi connectivity index (χ0v) is 10.9. The van der Waals surface area contributed by atoms with Gasteiger partial charge in [0.1, 0.15) is 5.41 Å². The van der Waals surface area contributed by atoms with Crippen LogP contribution in [0.15, 0.2) is 24.3 Å². The summed E-state index contributed by atoms with van der Waals surface area (Å²) in [5, 5.41) is 19.6. The molecule has 1 heterocycles. The normalized spacial score (nSPS) is 27.6. The first kappa shape index (κ1) is 13.1. The van der Waals surface area contributed by atoms with Gasteiger partial charge < -0.3 is 5.11 Å². The third-order valence-electron chi connectivity index (χ3n) is 3.48. The first-order chi connectivity index (χ1) is 8.38. The third kappa shape index (κ3) is 2.26. The molecular formula is C13H15NO3S. The van der Waals surface area contributed by atoms with Crippen molar-refractivity contribution in [3.63, 3.8) is 0 Å². The smallest absolute Gasteiger partial charge is 0.152 e. The number of sulfone groups is 1. The molecule has 2 rings (SSSR count). The van der Waals surface area contributed by atoms with Gasteiger partial charge in [0.25, 0.3) is 0 Å². The van der Waals surface area contributed by atoms with E-state index in [1.165, 1.54) is 0 Å². The van der Waals surface area contributed by atoms with Gasteiger partial charge >= 0.3 is 0 Å². The maximum Gasteiger partial charge on any atom is 0.152 e. The fraction of sp³-hybridized carbons (Fsp3) is 0.462. The molecule has 0 aliphatic carbocycles. The summed E-state index contributed by atoms with van der Waals surface area (Å²) in [5.41, 5.74) is 0.448. The van der Waals surface area contributed by atoms with Crippen LogP contribution >= 0.6 is 0 Å². The molecule has 0 aromatic heterocycles. The number of hydrogen-bond acceptors (Lipinski definition) is 4. The molecule has 2 atom stereocenters. The minimum Gasteiger partial charge on any atom is -0.387 e. The van der Waals surface area contributed by atoms with Gasteiger partial charge in [-0.2, -0.15) is 5.26 Å². The summed E-state index contributed by atoms with van der Waals surface area (Å²) in [6.45, 7) is 1.93. The van der Waals surface area contributed by atoms with E-state index in [1.54, 1.807) is 12.1 Å². The SMILES string of the molecule is Cc1ccc(C(O)C2(C#N)CCS(=O)(=O)C2)cc1. The predicted octanol–water partition coefficient (Wildman–Crippen LogP) is 1.36. The number of nitrogens with zero attached hydrogens (tertiary/aromatic N) is 1. The van der Waals surface area contributed by atoms with Crippen LogP contribution in [0.4, 0.5) is 0 Å². The molecule has 0 radical (unpaired) electrons. The number of benzene rings is 1. The molecule has 1 fully saturated rings. The average molecular weight is 265 g/mol. The van der Waals surface area contributed by atoms with Crippen LogP contribution in [0, 0.1) is 23.7 Å². The Morgan fingerprint density at radius 1 is 1.39 bits per heavy atom. The molecule has 1 aliphatic heterocycles. The lowest BCUT2D eigenvalue weighted by Crippen LogP contribution is -2.28. The number of hydrogen-bond donors (Lipinski definition) is 1. The van der Waals surface area contributed by atoms with E-state index in [4.69, 9.17) is 0 Å². The Morgan fingerprint density at radius 3 is 2.44 bits per heavy atom. The second-order valence-electron chi connectivity index (χ2n) is 4.92. The van der Waals surface area contributed by atoms with Crippen molar-refractivity contribution in [1.29, 1.82) is 5.26 Å². The minimum absolute atomic E-state index is 0.0243. The van der Waals surface area contributed by atoms with Gasteiger partial charge in [-0.05, 0) is 18.9 Å². The Labute approximate surface area is 107 Å². The highest BCUT2D eigenvalue weighted by Crippen LogP contribution is 2.42. The number of aliphatic hydroxyl groups excluding tert-OH is 1. The Bertz CT molecular complexity index is 586. The van der Waals surface area contributed by atoms with E-state index < -0.39 is 21.4 Å². The molecule has 18 heavy (non-hydrogen) atoms. The Morgan fingerprint density at radius 2 is 2.00 bits per heavy atom. The highest BCUT2D eigenvalue weighted by atomic mass is 32.2. The van der Waals surface area contributed by atoms with Gasteiger partial charge in [0.15, 0.2) is 9.84 Å². The molecule has 1 aliphatic rings. The van der Waals surface area contributed by atoms with E-state index in [-0.39, 0.29) is 17.9 Å². The molecule has 0 spiro atoms.